The summed E-state index contributed by atoms with van der Waals surface area (Å²) in [6, 6.07) is 0. The number of aromatic amines is 1. The molecule has 1 aliphatic heterocycles. The first-order valence-corrected chi connectivity index (χ1v) is 7.44. The van der Waals surface area contributed by atoms with Crippen LogP contribution < -0.4 is 5.56 Å². The number of hydrogen-bond donors (Lipinski definition) is 1. The average Bonchev–Trinajstić information content (AvgIpc) is 2.79. The molecular formula is C13H19N3O2S. The summed E-state index contributed by atoms with van der Waals surface area (Å²) in [5.74, 6) is 1.98. The summed E-state index contributed by atoms with van der Waals surface area (Å²) in [4.78, 5) is 33.3. The van der Waals surface area contributed by atoms with Gasteiger partial charge in [-0.1, -0.05) is 20.8 Å². The van der Waals surface area contributed by atoms with Gasteiger partial charge in [-0.3, -0.25) is 9.59 Å². The van der Waals surface area contributed by atoms with E-state index in [9.17, 15) is 9.59 Å². The first kappa shape index (κ1) is 14.1. The number of aromatic nitrogens is 2. The van der Waals surface area contributed by atoms with Gasteiger partial charge >= 0.3 is 0 Å². The number of aryl methyl sites for hydroxylation is 1. The summed E-state index contributed by atoms with van der Waals surface area (Å²) < 4.78 is 0. The van der Waals surface area contributed by atoms with Crippen molar-refractivity contribution in [2.75, 3.05) is 18.2 Å². The summed E-state index contributed by atoms with van der Waals surface area (Å²) in [5, 5.41) is 0. The second kappa shape index (κ2) is 5.00. The highest BCUT2D eigenvalue weighted by molar-refractivity contribution is 7.99. The number of H-pyrrole nitrogens is 1. The number of amides is 1. The Kier molecular flexibility index (Phi) is 3.71. The van der Waals surface area contributed by atoms with Crippen molar-refractivity contribution in [1.29, 1.82) is 0 Å². The SMILES string of the molecule is Cc1nc(C(C)(C)C)[nH]c(=O)c1C(=O)N1CCSC1. The van der Waals surface area contributed by atoms with Gasteiger partial charge in [0.2, 0.25) is 0 Å². The highest BCUT2D eigenvalue weighted by Crippen LogP contribution is 2.19. The fourth-order valence-corrected chi connectivity index (χ4v) is 2.87. The summed E-state index contributed by atoms with van der Waals surface area (Å²) in [7, 11) is 0. The number of nitrogens with zero attached hydrogens (tertiary/aromatic N) is 2. The van der Waals surface area contributed by atoms with Crippen molar-refractivity contribution in [3.05, 3.63) is 27.4 Å². The molecule has 5 nitrogen and oxygen atoms in total. The Labute approximate surface area is 116 Å². The molecule has 1 aromatic rings. The molecule has 0 saturated carbocycles. The Morgan fingerprint density at radius 3 is 2.58 bits per heavy atom. The Morgan fingerprint density at radius 2 is 2.11 bits per heavy atom. The number of rotatable bonds is 1. The molecule has 0 aromatic carbocycles. The van der Waals surface area contributed by atoms with Gasteiger partial charge in [-0.15, -0.1) is 11.8 Å². The molecular weight excluding hydrogens is 262 g/mol. The fraction of sp³-hybridized carbons (Fsp3) is 0.615. The summed E-state index contributed by atoms with van der Waals surface area (Å²) in [6.07, 6.45) is 0. The zero-order valence-electron chi connectivity index (χ0n) is 11.7. The maximum Gasteiger partial charge on any atom is 0.264 e. The van der Waals surface area contributed by atoms with E-state index in [1.165, 1.54) is 0 Å². The van der Waals surface area contributed by atoms with E-state index in [0.29, 0.717) is 23.9 Å². The van der Waals surface area contributed by atoms with Crippen LogP contribution in [0.5, 0.6) is 0 Å². The summed E-state index contributed by atoms with van der Waals surface area (Å²) in [6.45, 7) is 8.35. The number of hydrogen-bond acceptors (Lipinski definition) is 4. The fourth-order valence-electron chi connectivity index (χ4n) is 1.93. The Hall–Kier alpha value is -1.30. The van der Waals surface area contributed by atoms with Crippen LogP contribution in [0, 0.1) is 6.92 Å². The van der Waals surface area contributed by atoms with Crippen LogP contribution in [0.3, 0.4) is 0 Å². The Bertz CT molecular complexity index is 554. The Balaban J connectivity index is 2.42. The van der Waals surface area contributed by atoms with E-state index in [-0.39, 0.29) is 22.4 Å². The second-order valence-electron chi connectivity index (χ2n) is 5.73. The zero-order valence-corrected chi connectivity index (χ0v) is 12.6. The van der Waals surface area contributed by atoms with E-state index in [1.807, 2.05) is 20.8 Å². The third-order valence-electron chi connectivity index (χ3n) is 3.06. The maximum absolute atomic E-state index is 12.3. The topological polar surface area (TPSA) is 66.1 Å². The molecule has 2 rings (SSSR count). The number of nitrogens with one attached hydrogen (secondary N) is 1. The van der Waals surface area contributed by atoms with Gasteiger partial charge in [-0.05, 0) is 6.92 Å². The van der Waals surface area contributed by atoms with Gasteiger partial charge in [0.05, 0.1) is 11.6 Å². The van der Waals surface area contributed by atoms with Gasteiger partial charge in [-0.25, -0.2) is 4.98 Å². The largest absolute Gasteiger partial charge is 0.328 e. The van der Waals surface area contributed by atoms with Crippen molar-refractivity contribution >= 4 is 17.7 Å². The standard InChI is InChI=1S/C13H19N3O2S/c1-8-9(11(18)16-5-6-19-7-16)10(17)15-12(14-8)13(2,3)4/h5-7H2,1-4H3,(H,14,15,17). The monoisotopic (exact) mass is 281 g/mol. The van der Waals surface area contributed by atoms with E-state index in [0.717, 1.165) is 5.75 Å². The molecule has 1 aromatic heterocycles. The number of carbonyl (C=O) groups excluding carboxylic acids is 1. The van der Waals surface area contributed by atoms with Gasteiger partial charge in [0, 0.05) is 17.7 Å². The van der Waals surface area contributed by atoms with Crippen LogP contribution in [-0.4, -0.2) is 38.9 Å². The zero-order chi connectivity index (χ0) is 14.2. The lowest BCUT2D eigenvalue weighted by atomic mass is 9.95. The normalized spacial score (nSPS) is 15.9. The molecule has 1 aliphatic rings. The minimum Gasteiger partial charge on any atom is -0.328 e. The molecule has 19 heavy (non-hydrogen) atoms. The molecule has 1 N–H and O–H groups in total. The summed E-state index contributed by atoms with van der Waals surface area (Å²) in [5.41, 5.74) is 0.111. The predicted octanol–water partition coefficient (Wildman–Crippen LogP) is 1.52. The lowest BCUT2D eigenvalue weighted by molar-refractivity contribution is 0.0799. The van der Waals surface area contributed by atoms with E-state index < -0.39 is 0 Å². The van der Waals surface area contributed by atoms with Crippen LogP contribution in [-0.2, 0) is 5.41 Å². The van der Waals surface area contributed by atoms with Crippen LogP contribution >= 0.6 is 11.8 Å². The van der Waals surface area contributed by atoms with Crippen LogP contribution in [0.15, 0.2) is 4.79 Å². The quantitative estimate of drug-likeness (QED) is 0.847. The van der Waals surface area contributed by atoms with Crippen molar-refractivity contribution < 1.29 is 4.79 Å². The van der Waals surface area contributed by atoms with Crippen LogP contribution in [0.1, 0.15) is 42.6 Å². The smallest absolute Gasteiger partial charge is 0.264 e. The van der Waals surface area contributed by atoms with Crippen molar-refractivity contribution in [2.45, 2.75) is 33.1 Å². The number of carbonyl (C=O) groups is 1. The third kappa shape index (κ3) is 2.83. The molecule has 104 valence electrons. The molecule has 0 bridgehead atoms. The van der Waals surface area contributed by atoms with Gasteiger partial charge in [0.25, 0.3) is 11.5 Å². The molecule has 0 unspecified atom stereocenters. The molecule has 0 atom stereocenters. The van der Waals surface area contributed by atoms with Crippen molar-refractivity contribution in [3.63, 3.8) is 0 Å². The van der Waals surface area contributed by atoms with Gasteiger partial charge in [0.15, 0.2) is 0 Å². The van der Waals surface area contributed by atoms with E-state index in [1.54, 1.807) is 23.6 Å². The van der Waals surface area contributed by atoms with Crippen molar-refractivity contribution in [2.24, 2.45) is 0 Å². The molecule has 1 fully saturated rings. The molecule has 1 saturated heterocycles. The Morgan fingerprint density at radius 1 is 1.42 bits per heavy atom. The van der Waals surface area contributed by atoms with Gasteiger partial charge < -0.3 is 9.88 Å². The molecule has 6 heteroatoms. The van der Waals surface area contributed by atoms with Crippen molar-refractivity contribution in [3.8, 4) is 0 Å². The van der Waals surface area contributed by atoms with Crippen LogP contribution in [0.4, 0.5) is 0 Å². The summed E-state index contributed by atoms with van der Waals surface area (Å²) >= 11 is 1.70. The minimum absolute atomic E-state index is 0.176. The first-order valence-electron chi connectivity index (χ1n) is 6.29. The van der Waals surface area contributed by atoms with Gasteiger partial charge in [-0.2, -0.15) is 0 Å². The number of thioether (sulfide) groups is 1. The lowest BCUT2D eigenvalue weighted by Crippen LogP contribution is -2.35. The molecule has 2 heterocycles. The molecule has 1 amide bonds. The predicted molar refractivity (Wildman–Crippen MR) is 76.7 cm³/mol. The van der Waals surface area contributed by atoms with Gasteiger partial charge in [0.1, 0.15) is 11.4 Å². The highest BCUT2D eigenvalue weighted by atomic mass is 32.2. The van der Waals surface area contributed by atoms with Crippen LogP contribution in [0.25, 0.3) is 0 Å². The maximum atomic E-state index is 12.3. The first-order chi connectivity index (χ1) is 8.80. The molecule has 0 aliphatic carbocycles. The average molecular weight is 281 g/mol. The lowest BCUT2D eigenvalue weighted by Gasteiger charge is -2.19. The van der Waals surface area contributed by atoms with E-state index in [4.69, 9.17) is 0 Å². The van der Waals surface area contributed by atoms with E-state index in [2.05, 4.69) is 9.97 Å². The highest BCUT2D eigenvalue weighted by Gasteiger charge is 2.26. The minimum atomic E-state index is -0.334. The van der Waals surface area contributed by atoms with Crippen LogP contribution in [0.2, 0.25) is 0 Å². The van der Waals surface area contributed by atoms with Crippen molar-refractivity contribution in [1.82, 2.24) is 14.9 Å². The molecule has 0 radical (unpaired) electrons. The van der Waals surface area contributed by atoms with E-state index >= 15 is 0 Å². The third-order valence-corrected chi connectivity index (χ3v) is 4.03. The molecule has 0 spiro atoms. The second-order valence-corrected chi connectivity index (χ2v) is 6.81.